The first-order valence-corrected chi connectivity index (χ1v) is 30.8. The lowest BCUT2D eigenvalue weighted by Crippen LogP contribution is -2.43. The second-order valence-electron chi connectivity index (χ2n) is 22.3. The highest BCUT2D eigenvalue weighted by atomic mass is 16.5. The predicted molar refractivity (Wildman–Crippen MR) is 311 cm³/mol. The third-order valence-electron chi connectivity index (χ3n) is 16.4. The molecule has 74 heavy (non-hydrogen) atoms. The van der Waals surface area contributed by atoms with Crippen molar-refractivity contribution in [3.05, 3.63) is 70.8 Å². The molecule has 5 aromatic rings. The molecule has 0 N–H and O–H groups in total. The molecule has 1 atom stereocenters. The molecule has 0 saturated carbocycles. The number of ether oxygens (including phenoxy) is 2. The van der Waals surface area contributed by atoms with Crippen molar-refractivity contribution in [2.45, 2.75) is 252 Å². The number of hydrogen-bond donors (Lipinski definition) is 0. The van der Waals surface area contributed by atoms with Crippen LogP contribution in [0.15, 0.2) is 48.5 Å². The van der Waals surface area contributed by atoms with Crippen molar-refractivity contribution < 1.29 is 28.7 Å². The number of unbranched alkanes of at least 4 members (excludes halogenated alkanes) is 29. The molecule has 0 bridgehead atoms. The molecule has 1 aliphatic rings. The minimum Gasteiger partial charge on any atom is -0.462 e. The van der Waals surface area contributed by atoms with Gasteiger partial charge in [-0.25, -0.2) is 9.59 Å². The fourth-order valence-corrected chi connectivity index (χ4v) is 12.0. The standard InChI is InChI=1S/C67H97NO6/c1-5-9-13-17-21-25-27-31-35-39-51(38-34-30-26-22-18-14-10-6-2)50-68-64(69)56-44-40-52-54-42-46-58(66(71)73-48-36-32-28-23-19-15-11-7-3)63-59(67(72)74-49-37-33-29-24-20-16-12-8-4)47-43-55(61(54)63)53-41-45-57(65(68)70)62(56)60(52)53/h40-47,51H,5-39,48-50H2,1-4H3. The molecule has 0 aromatic heterocycles. The topological polar surface area (TPSA) is 90.0 Å². The Kier molecular flexibility index (Phi) is 26.0. The number of amides is 2. The lowest BCUT2D eigenvalue weighted by molar-refractivity contribution is 0.0498. The number of nitrogens with zero attached hydrogens (tertiary/aromatic N) is 1. The first-order valence-electron chi connectivity index (χ1n) is 30.8. The number of imide groups is 1. The monoisotopic (exact) mass is 1010 g/mol. The third kappa shape index (κ3) is 16.5. The van der Waals surface area contributed by atoms with E-state index in [0.29, 0.717) is 52.8 Å². The first kappa shape index (κ1) is 58.7. The van der Waals surface area contributed by atoms with Gasteiger partial charge in [-0.05, 0) is 88.2 Å². The van der Waals surface area contributed by atoms with E-state index in [1.165, 1.54) is 161 Å². The van der Waals surface area contributed by atoms with Gasteiger partial charge >= 0.3 is 11.9 Å². The van der Waals surface area contributed by atoms with Gasteiger partial charge in [-0.1, -0.05) is 251 Å². The number of hydrogen-bond acceptors (Lipinski definition) is 6. The van der Waals surface area contributed by atoms with Gasteiger partial charge in [-0.2, -0.15) is 0 Å². The summed E-state index contributed by atoms with van der Waals surface area (Å²) >= 11 is 0. The summed E-state index contributed by atoms with van der Waals surface area (Å²) in [6.45, 7) is 10.1. The summed E-state index contributed by atoms with van der Waals surface area (Å²) < 4.78 is 12.0. The summed E-state index contributed by atoms with van der Waals surface area (Å²) in [5, 5.41) is 6.38. The van der Waals surface area contributed by atoms with Crippen molar-refractivity contribution in [1.82, 2.24) is 4.90 Å². The maximum absolute atomic E-state index is 14.8. The Hall–Kier alpha value is -4.52. The van der Waals surface area contributed by atoms with Gasteiger partial charge in [0.15, 0.2) is 0 Å². The first-order chi connectivity index (χ1) is 36.4. The Bertz CT molecular complexity index is 2350. The zero-order chi connectivity index (χ0) is 52.3. The Labute approximate surface area is 447 Å². The summed E-state index contributed by atoms with van der Waals surface area (Å²) in [6.07, 6.45) is 42.0. The molecule has 1 aliphatic heterocycles. The van der Waals surface area contributed by atoms with Crippen LogP contribution < -0.4 is 0 Å². The zero-order valence-corrected chi connectivity index (χ0v) is 47.0. The van der Waals surface area contributed by atoms with Crippen molar-refractivity contribution in [2.75, 3.05) is 19.8 Å². The highest BCUT2D eigenvalue weighted by Gasteiger charge is 2.36. The van der Waals surface area contributed by atoms with E-state index in [9.17, 15) is 19.2 Å². The molecule has 6 rings (SSSR count). The van der Waals surface area contributed by atoms with Crippen molar-refractivity contribution in [3.8, 4) is 0 Å². The SMILES string of the molecule is CCCCCCCCCCCC(CCCCCCCCCC)CN1C(=O)c2ccc3c4ccc(C(=O)OCCCCCCCCCC)c5c(C(=O)OCCCCCCCCCC)ccc(c6ccc(c2c36)C1=O)c54. The van der Waals surface area contributed by atoms with E-state index < -0.39 is 11.9 Å². The lowest BCUT2D eigenvalue weighted by Gasteiger charge is -2.31. The average Bonchev–Trinajstić information content (AvgIpc) is 3.45. The smallest absolute Gasteiger partial charge is 0.338 e. The van der Waals surface area contributed by atoms with E-state index in [4.69, 9.17) is 9.47 Å². The van der Waals surface area contributed by atoms with Crippen LogP contribution in [0.1, 0.15) is 294 Å². The summed E-state index contributed by atoms with van der Waals surface area (Å²) in [4.78, 5) is 59.4. The molecule has 0 fully saturated rings. The van der Waals surface area contributed by atoms with Crippen molar-refractivity contribution in [3.63, 3.8) is 0 Å². The maximum atomic E-state index is 14.8. The summed E-state index contributed by atoms with van der Waals surface area (Å²) in [7, 11) is 0. The highest BCUT2D eigenvalue weighted by Crippen LogP contribution is 2.46. The van der Waals surface area contributed by atoms with Crippen LogP contribution in [0.2, 0.25) is 0 Å². The molecule has 7 heteroatoms. The largest absolute Gasteiger partial charge is 0.462 e. The van der Waals surface area contributed by atoms with Gasteiger partial charge in [0.1, 0.15) is 0 Å². The molecule has 406 valence electrons. The highest BCUT2D eigenvalue weighted by molar-refractivity contribution is 6.39. The number of fused-ring (bicyclic) bond motifs is 2. The minimum atomic E-state index is -0.445. The Morgan fingerprint density at radius 3 is 1.01 bits per heavy atom. The summed E-state index contributed by atoms with van der Waals surface area (Å²) in [6, 6.07) is 15.4. The predicted octanol–water partition coefficient (Wildman–Crippen LogP) is 20.0. The molecule has 0 saturated heterocycles. The second-order valence-corrected chi connectivity index (χ2v) is 22.3. The molecule has 0 radical (unpaired) electrons. The van der Waals surface area contributed by atoms with Crippen LogP contribution in [0.3, 0.4) is 0 Å². The van der Waals surface area contributed by atoms with Crippen LogP contribution >= 0.6 is 0 Å². The fraction of sp³-hybridized carbons (Fsp3) is 0.642. The average molecular weight is 1010 g/mol. The Balaban J connectivity index is 1.25. The van der Waals surface area contributed by atoms with Crippen molar-refractivity contribution in [2.24, 2.45) is 5.92 Å². The molecule has 5 aromatic carbocycles. The zero-order valence-electron chi connectivity index (χ0n) is 47.0. The van der Waals surface area contributed by atoms with Crippen molar-refractivity contribution in [1.29, 1.82) is 0 Å². The quantitative estimate of drug-likeness (QED) is 0.0127. The van der Waals surface area contributed by atoms with Gasteiger partial charge in [0.25, 0.3) is 11.8 Å². The van der Waals surface area contributed by atoms with Crippen LogP contribution in [0.4, 0.5) is 0 Å². The van der Waals surface area contributed by atoms with Crippen LogP contribution in [-0.4, -0.2) is 48.4 Å². The third-order valence-corrected chi connectivity index (χ3v) is 16.4. The number of carbonyl (C=O) groups excluding carboxylic acids is 4. The van der Waals surface area contributed by atoms with E-state index in [-0.39, 0.29) is 17.7 Å². The summed E-state index contributed by atoms with van der Waals surface area (Å²) in [5.74, 6) is -1.04. The van der Waals surface area contributed by atoms with E-state index >= 15 is 0 Å². The van der Waals surface area contributed by atoms with Gasteiger partial charge in [0.2, 0.25) is 0 Å². The second kappa shape index (κ2) is 32.8. The molecule has 0 aliphatic carbocycles. The maximum Gasteiger partial charge on any atom is 0.338 e. The van der Waals surface area contributed by atoms with Gasteiger partial charge < -0.3 is 9.47 Å². The van der Waals surface area contributed by atoms with Crippen LogP contribution in [-0.2, 0) is 9.47 Å². The molecular formula is C67H97NO6. The minimum absolute atomic E-state index is 0.209. The molecule has 1 unspecified atom stereocenters. The molecular weight excluding hydrogens is 915 g/mol. The van der Waals surface area contributed by atoms with Gasteiger partial charge in [-0.15, -0.1) is 0 Å². The van der Waals surface area contributed by atoms with Gasteiger partial charge in [-0.3, -0.25) is 14.5 Å². The van der Waals surface area contributed by atoms with E-state index in [2.05, 4.69) is 27.7 Å². The van der Waals surface area contributed by atoms with Gasteiger partial charge in [0, 0.05) is 28.4 Å². The fourth-order valence-electron chi connectivity index (χ4n) is 12.0. The number of carbonyl (C=O) groups is 4. The van der Waals surface area contributed by atoms with E-state index in [1.54, 1.807) is 17.0 Å². The van der Waals surface area contributed by atoms with Crippen LogP contribution in [0, 0.1) is 5.92 Å². The van der Waals surface area contributed by atoms with E-state index in [0.717, 1.165) is 96.5 Å². The molecule has 2 amide bonds. The number of esters is 2. The van der Waals surface area contributed by atoms with Crippen LogP contribution in [0.5, 0.6) is 0 Å². The lowest BCUT2D eigenvalue weighted by atomic mass is 9.83. The van der Waals surface area contributed by atoms with Crippen molar-refractivity contribution >= 4 is 66.8 Å². The normalized spacial score (nSPS) is 13.1. The molecule has 7 nitrogen and oxygen atoms in total. The molecule has 0 spiro atoms. The number of rotatable bonds is 41. The molecule has 1 heterocycles. The van der Waals surface area contributed by atoms with Crippen LogP contribution in [0.25, 0.3) is 43.1 Å². The Morgan fingerprint density at radius 1 is 0.365 bits per heavy atom. The van der Waals surface area contributed by atoms with E-state index in [1.807, 2.05) is 36.4 Å². The summed E-state index contributed by atoms with van der Waals surface area (Å²) in [5.41, 5.74) is 1.83. The van der Waals surface area contributed by atoms with Gasteiger partial charge in [0.05, 0.1) is 24.3 Å². The number of benzene rings is 5. The Morgan fingerprint density at radius 2 is 0.662 bits per heavy atom.